The summed E-state index contributed by atoms with van der Waals surface area (Å²) in [6.45, 7) is 7.51. The number of halogens is 2. The molecule has 0 saturated carbocycles. The van der Waals surface area contributed by atoms with Crippen molar-refractivity contribution in [3.63, 3.8) is 0 Å². The molecule has 5 nitrogen and oxygen atoms in total. The van der Waals surface area contributed by atoms with E-state index in [4.69, 9.17) is 20.9 Å². The van der Waals surface area contributed by atoms with Crippen molar-refractivity contribution in [1.29, 1.82) is 0 Å². The lowest BCUT2D eigenvalue weighted by molar-refractivity contribution is 0.0131. The van der Waals surface area contributed by atoms with Crippen molar-refractivity contribution in [1.82, 2.24) is 10.1 Å². The molecule has 0 bridgehead atoms. The number of hydrogen-bond donors (Lipinski definition) is 1. The number of ether oxygens (including phenoxy) is 1. The molecule has 5 rings (SSSR count). The Balaban J connectivity index is 0.00000289. The van der Waals surface area contributed by atoms with Crippen LogP contribution in [0, 0.1) is 5.92 Å². The zero-order chi connectivity index (χ0) is 23.7. The summed E-state index contributed by atoms with van der Waals surface area (Å²) in [6, 6.07) is 22.5. The molecule has 1 N–H and O–H groups in total. The molecule has 1 aliphatic rings. The third kappa shape index (κ3) is 5.48. The second-order valence-electron chi connectivity index (χ2n) is 9.14. The third-order valence-electron chi connectivity index (χ3n) is 5.94. The van der Waals surface area contributed by atoms with Crippen LogP contribution in [0.5, 0.6) is 11.5 Å². The monoisotopic (exact) mass is 510 g/mol. The van der Waals surface area contributed by atoms with Gasteiger partial charge in [-0.1, -0.05) is 60.9 Å². The molecule has 3 aromatic carbocycles. The van der Waals surface area contributed by atoms with E-state index in [0.717, 1.165) is 47.6 Å². The van der Waals surface area contributed by atoms with E-state index in [1.807, 2.05) is 60.7 Å². The van der Waals surface area contributed by atoms with Gasteiger partial charge in [-0.25, -0.2) is 0 Å². The van der Waals surface area contributed by atoms with E-state index < -0.39 is 0 Å². The number of aromatic nitrogens is 1. The molecule has 0 spiro atoms. The smallest absolute Gasteiger partial charge is 0.175 e. The Morgan fingerprint density at radius 2 is 1.66 bits per heavy atom. The summed E-state index contributed by atoms with van der Waals surface area (Å²) in [6.07, 6.45) is 0.228. The quantitative estimate of drug-likeness (QED) is 0.285. The lowest BCUT2D eigenvalue weighted by Crippen LogP contribution is -2.54. The average Bonchev–Trinajstić information content (AvgIpc) is 3.23. The maximum atomic E-state index is 9.72. The molecular formula is C28H28Cl2N2O3. The molecule has 0 radical (unpaired) electrons. The molecule has 2 heterocycles. The maximum Gasteiger partial charge on any atom is 0.175 e. The number of aromatic hydroxyl groups is 1. The molecule has 0 aliphatic carbocycles. The van der Waals surface area contributed by atoms with Gasteiger partial charge in [-0.3, -0.25) is 4.90 Å². The summed E-state index contributed by atoms with van der Waals surface area (Å²) >= 11 is 6.50. The van der Waals surface area contributed by atoms with E-state index in [1.54, 1.807) is 12.1 Å². The normalized spacial score (nSPS) is 13.9. The molecule has 1 aliphatic heterocycles. The molecule has 1 saturated heterocycles. The van der Waals surface area contributed by atoms with Crippen LogP contribution in [0.15, 0.2) is 77.3 Å². The standard InChI is InChI=1S/C28H27ClN2O3.ClH/c1-18(2)15-31-16-23(17-31)33-22-13-9-19(10-14-22)26-27(24-5-3-4-6-25(24)29)30-34-28(26)20-7-11-21(32)12-8-20;/h3-14,18,23,32H,15-17H2,1-2H3;1H. The van der Waals surface area contributed by atoms with Crippen LogP contribution in [0.25, 0.3) is 33.7 Å². The first-order valence-corrected chi connectivity index (χ1v) is 11.9. The number of benzene rings is 3. The molecular weight excluding hydrogens is 483 g/mol. The van der Waals surface area contributed by atoms with Crippen LogP contribution in [0.4, 0.5) is 0 Å². The van der Waals surface area contributed by atoms with Crippen molar-refractivity contribution in [2.45, 2.75) is 20.0 Å². The van der Waals surface area contributed by atoms with Gasteiger partial charge in [-0.15, -0.1) is 12.4 Å². The Kier molecular flexibility index (Phi) is 7.70. The molecule has 35 heavy (non-hydrogen) atoms. The van der Waals surface area contributed by atoms with Gasteiger partial charge in [-0.05, 0) is 53.9 Å². The first kappa shape index (κ1) is 25.1. The van der Waals surface area contributed by atoms with Crippen LogP contribution < -0.4 is 4.74 Å². The van der Waals surface area contributed by atoms with E-state index in [9.17, 15) is 5.11 Å². The van der Waals surface area contributed by atoms with Gasteiger partial charge in [0.2, 0.25) is 0 Å². The van der Waals surface area contributed by atoms with Crippen LogP contribution >= 0.6 is 24.0 Å². The first-order chi connectivity index (χ1) is 16.5. The predicted octanol–water partition coefficient (Wildman–Crippen LogP) is 7.18. The van der Waals surface area contributed by atoms with Crippen molar-refractivity contribution in [3.05, 3.63) is 77.8 Å². The lowest BCUT2D eigenvalue weighted by atomic mass is 9.96. The van der Waals surface area contributed by atoms with Crippen LogP contribution in [-0.2, 0) is 0 Å². The minimum Gasteiger partial charge on any atom is -0.508 e. The molecule has 0 amide bonds. The summed E-state index contributed by atoms with van der Waals surface area (Å²) < 4.78 is 12.0. The van der Waals surface area contributed by atoms with Crippen LogP contribution in [0.1, 0.15) is 13.8 Å². The maximum absolute atomic E-state index is 9.72. The number of phenols is 1. The summed E-state index contributed by atoms with van der Waals surface area (Å²) in [5.41, 5.74) is 4.08. The highest BCUT2D eigenvalue weighted by Crippen LogP contribution is 2.42. The molecule has 182 valence electrons. The molecule has 1 aromatic heterocycles. The van der Waals surface area contributed by atoms with E-state index in [1.165, 1.54) is 0 Å². The fourth-order valence-electron chi connectivity index (χ4n) is 4.36. The topological polar surface area (TPSA) is 58.7 Å². The Hall–Kier alpha value is -2.99. The van der Waals surface area contributed by atoms with Crippen LogP contribution in [0.3, 0.4) is 0 Å². The first-order valence-electron chi connectivity index (χ1n) is 11.5. The number of rotatable bonds is 7. The van der Waals surface area contributed by atoms with E-state index in [-0.39, 0.29) is 24.3 Å². The number of hydrogen-bond acceptors (Lipinski definition) is 5. The second-order valence-corrected chi connectivity index (χ2v) is 9.55. The second kappa shape index (κ2) is 10.7. The van der Waals surface area contributed by atoms with Gasteiger partial charge < -0.3 is 14.4 Å². The molecule has 1 fully saturated rings. The Bertz CT molecular complexity index is 1260. The SMILES string of the molecule is CC(C)CN1CC(Oc2ccc(-c3c(-c4ccccc4Cl)noc3-c3ccc(O)cc3)cc2)C1.Cl. The minimum absolute atomic E-state index is 0. The van der Waals surface area contributed by atoms with Gasteiger partial charge in [0.1, 0.15) is 23.3 Å². The van der Waals surface area contributed by atoms with Crippen molar-refractivity contribution in [2.75, 3.05) is 19.6 Å². The van der Waals surface area contributed by atoms with Crippen LogP contribution in [-0.4, -0.2) is 40.9 Å². The van der Waals surface area contributed by atoms with Crippen molar-refractivity contribution in [3.8, 4) is 45.2 Å². The van der Waals surface area contributed by atoms with Crippen molar-refractivity contribution in [2.24, 2.45) is 5.92 Å². The fourth-order valence-corrected chi connectivity index (χ4v) is 4.59. The van der Waals surface area contributed by atoms with Gasteiger partial charge in [0, 0.05) is 30.8 Å². The highest BCUT2D eigenvalue weighted by molar-refractivity contribution is 6.33. The van der Waals surface area contributed by atoms with Crippen molar-refractivity contribution >= 4 is 24.0 Å². The fraction of sp³-hybridized carbons (Fsp3) is 0.250. The number of likely N-dealkylation sites (tertiary alicyclic amines) is 1. The van der Waals surface area contributed by atoms with Gasteiger partial charge in [0.05, 0.1) is 10.6 Å². The average molecular weight is 511 g/mol. The Labute approximate surface area is 216 Å². The zero-order valence-corrected chi connectivity index (χ0v) is 21.2. The van der Waals surface area contributed by atoms with E-state index in [2.05, 4.69) is 23.9 Å². The van der Waals surface area contributed by atoms with Gasteiger partial charge in [-0.2, -0.15) is 0 Å². The predicted molar refractivity (Wildman–Crippen MR) is 142 cm³/mol. The minimum atomic E-state index is 0. The molecule has 0 unspecified atom stereocenters. The number of nitrogens with zero attached hydrogens (tertiary/aromatic N) is 2. The third-order valence-corrected chi connectivity index (χ3v) is 6.27. The van der Waals surface area contributed by atoms with Gasteiger partial charge >= 0.3 is 0 Å². The van der Waals surface area contributed by atoms with E-state index in [0.29, 0.717) is 22.4 Å². The molecule has 0 atom stereocenters. The van der Waals surface area contributed by atoms with Crippen LogP contribution in [0.2, 0.25) is 5.02 Å². The molecule has 7 heteroatoms. The Morgan fingerprint density at radius 3 is 2.31 bits per heavy atom. The van der Waals surface area contributed by atoms with Crippen molar-refractivity contribution < 1.29 is 14.4 Å². The largest absolute Gasteiger partial charge is 0.508 e. The van der Waals surface area contributed by atoms with E-state index >= 15 is 0 Å². The summed E-state index contributed by atoms with van der Waals surface area (Å²) in [7, 11) is 0. The lowest BCUT2D eigenvalue weighted by Gasteiger charge is -2.39. The van der Waals surface area contributed by atoms with Gasteiger partial charge in [0.25, 0.3) is 0 Å². The molecule has 4 aromatic rings. The highest BCUT2D eigenvalue weighted by Gasteiger charge is 2.28. The summed E-state index contributed by atoms with van der Waals surface area (Å²) in [5.74, 6) is 2.33. The highest BCUT2D eigenvalue weighted by atomic mass is 35.5. The number of phenolic OH excluding ortho intramolecular Hbond substituents is 1. The summed E-state index contributed by atoms with van der Waals surface area (Å²) in [4.78, 5) is 2.42. The van der Waals surface area contributed by atoms with Gasteiger partial charge in [0.15, 0.2) is 5.76 Å². The summed E-state index contributed by atoms with van der Waals surface area (Å²) in [5, 5.41) is 14.7. The Morgan fingerprint density at radius 1 is 1.00 bits per heavy atom. The zero-order valence-electron chi connectivity index (χ0n) is 19.6.